The molecule has 0 bridgehead atoms. The Hall–Kier alpha value is -3.18. The molecular weight excluding hydrogens is 432 g/mol. The van der Waals surface area contributed by atoms with Gasteiger partial charge in [-0.3, -0.25) is 4.79 Å². The smallest absolute Gasteiger partial charge is 0.238 e. The van der Waals surface area contributed by atoms with Crippen molar-refractivity contribution in [2.45, 2.75) is 29.7 Å². The van der Waals surface area contributed by atoms with Gasteiger partial charge in [0.1, 0.15) is 23.5 Å². The Morgan fingerprint density at radius 3 is 2.66 bits per heavy atom. The molecule has 5 rings (SSSR count). The third-order valence-electron chi connectivity index (χ3n) is 6.15. The number of benzene rings is 1. The Morgan fingerprint density at radius 1 is 1.16 bits per heavy atom. The average Bonchev–Trinajstić information content (AvgIpc) is 3.34. The van der Waals surface area contributed by atoms with E-state index in [1.54, 1.807) is 6.33 Å². The van der Waals surface area contributed by atoms with Crippen LogP contribution in [0.25, 0.3) is 11.0 Å². The van der Waals surface area contributed by atoms with Crippen molar-refractivity contribution >= 4 is 32.8 Å². The number of fused-ring (bicyclic) bond motifs is 1. The second kappa shape index (κ2) is 7.75. The first kappa shape index (κ1) is 20.7. The number of hydrogen-bond donors (Lipinski definition) is 2. The predicted molar refractivity (Wildman–Crippen MR) is 118 cm³/mol. The number of nitrogens with two attached hydrogens (primary N) is 1. The van der Waals surface area contributed by atoms with Crippen LogP contribution in [0.3, 0.4) is 0 Å². The molecule has 0 atom stereocenters. The predicted octanol–water partition coefficient (Wildman–Crippen LogP) is 1.26. The van der Waals surface area contributed by atoms with Crippen molar-refractivity contribution < 1.29 is 17.9 Å². The summed E-state index contributed by atoms with van der Waals surface area (Å²) < 4.78 is 28.3. The van der Waals surface area contributed by atoms with Gasteiger partial charge in [-0.05, 0) is 43.2 Å². The van der Waals surface area contributed by atoms with E-state index in [1.807, 2.05) is 17.2 Å². The number of primary sulfonamides is 1. The fourth-order valence-corrected chi connectivity index (χ4v) is 4.86. The molecule has 1 aliphatic carbocycles. The summed E-state index contributed by atoms with van der Waals surface area (Å²) in [6.45, 7) is 2.32. The number of aromatic amines is 1. The Bertz CT molecular complexity index is 1250. The highest BCUT2D eigenvalue weighted by Gasteiger charge is 2.53. The number of carbonyl (C=O) groups is 1. The first-order chi connectivity index (χ1) is 15.4. The summed E-state index contributed by atoms with van der Waals surface area (Å²) in [5.41, 5.74) is 0.674. The number of anilines is 1. The van der Waals surface area contributed by atoms with E-state index in [4.69, 9.17) is 9.88 Å². The maximum Gasteiger partial charge on any atom is 0.238 e. The van der Waals surface area contributed by atoms with E-state index >= 15 is 0 Å². The van der Waals surface area contributed by atoms with Gasteiger partial charge in [0.05, 0.1) is 28.8 Å². The van der Waals surface area contributed by atoms with Gasteiger partial charge in [0.15, 0.2) is 0 Å². The zero-order chi connectivity index (χ0) is 22.3. The van der Waals surface area contributed by atoms with Crippen LogP contribution in [0.2, 0.25) is 0 Å². The third-order valence-corrected chi connectivity index (χ3v) is 7.08. The highest BCUT2D eigenvalue weighted by atomic mass is 32.2. The molecule has 32 heavy (non-hydrogen) atoms. The molecule has 2 aliphatic rings. The fraction of sp³-hybridized carbons (Fsp3) is 0.381. The summed E-state index contributed by atoms with van der Waals surface area (Å²) in [4.78, 5) is 29.1. The van der Waals surface area contributed by atoms with Crippen molar-refractivity contribution in [2.24, 2.45) is 5.14 Å². The van der Waals surface area contributed by atoms with Crippen molar-refractivity contribution in [1.29, 1.82) is 0 Å². The maximum atomic E-state index is 12.9. The number of nitrogens with one attached hydrogen (secondary N) is 1. The molecule has 1 saturated heterocycles. The number of H-pyrrole nitrogens is 1. The van der Waals surface area contributed by atoms with E-state index in [9.17, 15) is 13.2 Å². The molecule has 2 fully saturated rings. The molecule has 3 N–H and O–H groups in total. The number of piperazine rings is 1. The first-order valence-electron chi connectivity index (χ1n) is 10.4. The molecule has 10 nitrogen and oxygen atoms in total. The molecule has 1 aromatic carbocycles. The number of amides is 1. The van der Waals surface area contributed by atoms with Crippen LogP contribution in [0.4, 0.5) is 5.82 Å². The molecular formula is C21H24N6O4S. The summed E-state index contributed by atoms with van der Waals surface area (Å²) in [5.74, 6) is 1.47. The van der Waals surface area contributed by atoms with Crippen molar-refractivity contribution in [3.8, 4) is 5.75 Å². The Kier molecular flexibility index (Phi) is 5.01. The van der Waals surface area contributed by atoms with Crippen LogP contribution in [0.1, 0.15) is 19.3 Å². The Morgan fingerprint density at radius 2 is 1.94 bits per heavy atom. The second-order valence-corrected chi connectivity index (χ2v) is 9.80. The minimum Gasteiger partial charge on any atom is -0.493 e. The van der Waals surface area contributed by atoms with Crippen LogP contribution in [0, 0.1) is 0 Å². The molecule has 1 amide bonds. The monoisotopic (exact) mass is 456 g/mol. The van der Waals surface area contributed by atoms with Gasteiger partial charge in [-0.2, -0.15) is 0 Å². The number of rotatable bonds is 6. The number of ether oxygens (including phenoxy) is 1. The van der Waals surface area contributed by atoms with Crippen LogP contribution in [-0.4, -0.2) is 66.0 Å². The maximum absolute atomic E-state index is 12.9. The molecule has 3 heterocycles. The van der Waals surface area contributed by atoms with Gasteiger partial charge in [0.2, 0.25) is 15.9 Å². The summed E-state index contributed by atoms with van der Waals surface area (Å²) in [7, 11) is -3.74. The Balaban J connectivity index is 1.19. The SMILES string of the molecule is NS(=O)(=O)c1ccc(OCCC(=O)N2CCN(c3ncnc4[nH]ccc34)CC23CC3)cc1. The second-order valence-electron chi connectivity index (χ2n) is 8.24. The minimum absolute atomic E-state index is 0.0232. The number of carbonyl (C=O) groups excluding carboxylic acids is 1. The van der Waals surface area contributed by atoms with E-state index in [-0.39, 0.29) is 29.4 Å². The summed E-state index contributed by atoms with van der Waals surface area (Å²) >= 11 is 0. The summed E-state index contributed by atoms with van der Waals surface area (Å²) in [6.07, 6.45) is 5.64. The normalized spacial score (nSPS) is 17.7. The van der Waals surface area contributed by atoms with E-state index < -0.39 is 10.0 Å². The lowest BCUT2D eigenvalue weighted by Gasteiger charge is -2.43. The van der Waals surface area contributed by atoms with Gasteiger partial charge in [-0.25, -0.2) is 23.5 Å². The van der Waals surface area contributed by atoms with Crippen LogP contribution in [-0.2, 0) is 14.8 Å². The molecule has 1 spiro atoms. The Labute approximate surface area is 185 Å². The van der Waals surface area contributed by atoms with E-state index in [1.165, 1.54) is 24.3 Å². The van der Waals surface area contributed by atoms with Gasteiger partial charge in [-0.1, -0.05) is 0 Å². The molecule has 2 aromatic heterocycles. The lowest BCUT2D eigenvalue weighted by Crippen LogP contribution is -2.57. The molecule has 3 aromatic rings. The van der Waals surface area contributed by atoms with Gasteiger partial charge in [0, 0.05) is 25.8 Å². The first-order valence-corrected chi connectivity index (χ1v) is 12.0. The zero-order valence-corrected chi connectivity index (χ0v) is 18.2. The topological polar surface area (TPSA) is 135 Å². The fourth-order valence-electron chi connectivity index (χ4n) is 4.35. The van der Waals surface area contributed by atoms with Crippen molar-refractivity contribution in [3.05, 3.63) is 42.9 Å². The molecule has 0 unspecified atom stereocenters. The molecule has 11 heteroatoms. The van der Waals surface area contributed by atoms with Crippen molar-refractivity contribution in [2.75, 3.05) is 31.1 Å². The van der Waals surface area contributed by atoms with E-state index in [0.29, 0.717) is 18.8 Å². The lowest BCUT2D eigenvalue weighted by atomic mass is 10.1. The quantitative estimate of drug-likeness (QED) is 0.570. The molecule has 1 aliphatic heterocycles. The van der Waals surface area contributed by atoms with E-state index in [0.717, 1.165) is 36.2 Å². The van der Waals surface area contributed by atoms with Gasteiger partial charge in [-0.15, -0.1) is 0 Å². The molecule has 0 radical (unpaired) electrons. The van der Waals surface area contributed by atoms with Gasteiger partial charge in [0.25, 0.3) is 0 Å². The highest BCUT2D eigenvalue weighted by molar-refractivity contribution is 7.89. The van der Waals surface area contributed by atoms with Crippen LogP contribution in [0.15, 0.2) is 47.8 Å². The van der Waals surface area contributed by atoms with Gasteiger partial charge < -0.3 is 19.5 Å². The number of hydrogen-bond acceptors (Lipinski definition) is 7. The number of aromatic nitrogens is 3. The number of nitrogens with zero attached hydrogens (tertiary/aromatic N) is 4. The molecule has 1 saturated carbocycles. The largest absolute Gasteiger partial charge is 0.493 e. The minimum atomic E-state index is -3.74. The third kappa shape index (κ3) is 3.89. The standard InChI is InChI=1S/C21H24N6O4S/c22-32(29,30)16-3-1-15(2-4-16)31-12-6-18(28)27-11-10-26(13-21(27)7-8-21)20-17-5-9-23-19(17)24-14-25-20/h1-5,9,14H,6-8,10-13H2,(H2,22,29,30)(H,23,24,25). The van der Waals surface area contributed by atoms with Crippen LogP contribution >= 0.6 is 0 Å². The summed E-state index contributed by atoms with van der Waals surface area (Å²) in [5, 5.41) is 6.09. The van der Waals surface area contributed by atoms with Crippen LogP contribution < -0.4 is 14.8 Å². The van der Waals surface area contributed by atoms with E-state index in [2.05, 4.69) is 19.9 Å². The van der Waals surface area contributed by atoms with Gasteiger partial charge >= 0.3 is 0 Å². The van der Waals surface area contributed by atoms with Crippen LogP contribution in [0.5, 0.6) is 5.75 Å². The van der Waals surface area contributed by atoms with Crippen molar-refractivity contribution in [1.82, 2.24) is 19.9 Å². The average molecular weight is 457 g/mol. The van der Waals surface area contributed by atoms with Crippen molar-refractivity contribution in [3.63, 3.8) is 0 Å². The molecule has 168 valence electrons. The number of sulfonamides is 1. The lowest BCUT2D eigenvalue weighted by molar-refractivity contribution is -0.135. The summed E-state index contributed by atoms with van der Waals surface area (Å²) in [6, 6.07) is 7.83. The highest BCUT2D eigenvalue weighted by Crippen LogP contribution is 2.45. The zero-order valence-electron chi connectivity index (χ0n) is 17.4.